The van der Waals surface area contributed by atoms with Crippen molar-refractivity contribution in [3.05, 3.63) is 59.8 Å². The van der Waals surface area contributed by atoms with Crippen LogP contribution in [0.1, 0.15) is 21.9 Å². The number of carbonyl (C=O) groups excluding carboxylic acids is 1. The van der Waals surface area contributed by atoms with Gasteiger partial charge < -0.3 is 9.26 Å². The van der Waals surface area contributed by atoms with Gasteiger partial charge in [0.25, 0.3) is 5.89 Å². The van der Waals surface area contributed by atoms with E-state index in [0.717, 1.165) is 0 Å². The van der Waals surface area contributed by atoms with E-state index in [2.05, 4.69) is 20.1 Å². The Morgan fingerprint density at radius 3 is 2.96 bits per heavy atom. The van der Waals surface area contributed by atoms with Gasteiger partial charge in [0.2, 0.25) is 5.82 Å². The summed E-state index contributed by atoms with van der Waals surface area (Å²) < 4.78 is 23.5. The van der Waals surface area contributed by atoms with Crippen LogP contribution >= 0.6 is 0 Å². The van der Waals surface area contributed by atoms with Crippen molar-refractivity contribution in [3.8, 4) is 11.4 Å². The third-order valence-electron chi connectivity index (χ3n) is 3.00. The first-order valence-electron chi connectivity index (χ1n) is 6.66. The van der Waals surface area contributed by atoms with Crippen molar-refractivity contribution >= 4 is 5.97 Å². The highest BCUT2D eigenvalue weighted by atomic mass is 19.1. The second-order valence-corrected chi connectivity index (χ2v) is 4.64. The molecule has 1 aromatic carbocycles. The smallest absolute Gasteiger partial charge is 0.359 e. The topological polar surface area (TPSA) is 91.0 Å². The molecule has 2 aromatic heterocycles. The summed E-state index contributed by atoms with van der Waals surface area (Å²) in [6.07, 6.45) is 4.12. The van der Waals surface area contributed by atoms with Crippen molar-refractivity contribution in [1.82, 2.24) is 20.1 Å². The van der Waals surface area contributed by atoms with Gasteiger partial charge in [-0.1, -0.05) is 17.3 Å². The molecule has 0 bridgehead atoms. The molecule has 0 amide bonds. The minimum absolute atomic E-state index is 0.0767. The summed E-state index contributed by atoms with van der Waals surface area (Å²) >= 11 is 0. The Balaban J connectivity index is 1.68. The van der Waals surface area contributed by atoms with E-state index in [4.69, 9.17) is 9.26 Å². The molecule has 0 aliphatic heterocycles. The first-order chi connectivity index (χ1) is 11.1. The average molecular weight is 314 g/mol. The first kappa shape index (κ1) is 14.8. The lowest BCUT2D eigenvalue weighted by Crippen LogP contribution is -2.07. The van der Waals surface area contributed by atoms with Gasteiger partial charge in [-0.2, -0.15) is 4.98 Å². The lowest BCUT2D eigenvalue weighted by molar-refractivity contribution is 0.0422. The molecule has 3 aromatic rings. The number of benzene rings is 1. The van der Waals surface area contributed by atoms with Crippen LogP contribution < -0.4 is 0 Å². The summed E-state index contributed by atoms with van der Waals surface area (Å²) in [5.41, 5.74) is 1.08. The summed E-state index contributed by atoms with van der Waals surface area (Å²) in [6, 6.07) is 4.61. The average Bonchev–Trinajstić information content (AvgIpc) is 3.05. The molecule has 0 N–H and O–H groups in total. The molecule has 7 nitrogen and oxygen atoms in total. The summed E-state index contributed by atoms with van der Waals surface area (Å²) in [7, 11) is 0. The summed E-state index contributed by atoms with van der Waals surface area (Å²) in [5.74, 6) is -0.699. The van der Waals surface area contributed by atoms with E-state index in [1.807, 2.05) is 0 Å². The summed E-state index contributed by atoms with van der Waals surface area (Å²) in [6.45, 7) is 1.45. The Morgan fingerprint density at radius 1 is 1.35 bits per heavy atom. The molecular formula is C15H11FN4O3. The van der Waals surface area contributed by atoms with E-state index in [9.17, 15) is 9.18 Å². The number of esters is 1. The number of hydrogen-bond acceptors (Lipinski definition) is 7. The number of halogens is 1. The van der Waals surface area contributed by atoms with Crippen LogP contribution in [-0.2, 0) is 11.3 Å². The van der Waals surface area contributed by atoms with Crippen molar-refractivity contribution in [1.29, 1.82) is 0 Å². The first-order valence-corrected chi connectivity index (χ1v) is 6.66. The third kappa shape index (κ3) is 3.37. The largest absolute Gasteiger partial charge is 0.451 e. The van der Waals surface area contributed by atoms with E-state index in [1.165, 1.54) is 24.7 Å². The molecule has 0 spiro atoms. The lowest BCUT2D eigenvalue weighted by atomic mass is 10.1. The van der Waals surface area contributed by atoms with Gasteiger partial charge in [0.15, 0.2) is 12.3 Å². The van der Waals surface area contributed by atoms with Crippen molar-refractivity contribution in [3.63, 3.8) is 0 Å². The number of rotatable bonds is 4. The van der Waals surface area contributed by atoms with Crippen LogP contribution in [0.3, 0.4) is 0 Å². The van der Waals surface area contributed by atoms with Crippen LogP contribution in [0.5, 0.6) is 0 Å². The van der Waals surface area contributed by atoms with Crippen molar-refractivity contribution in [2.24, 2.45) is 0 Å². The maximum absolute atomic E-state index is 13.5. The monoisotopic (exact) mass is 314 g/mol. The Hall–Kier alpha value is -3.16. The molecule has 0 aliphatic carbocycles. The molecule has 0 atom stereocenters. The third-order valence-corrected chi connectivity index (χ3v) is 3.00. The number of carbonyl (C=O) groups is 1. The molecule has 8 heteroatoms. The Morgan fingerprint density at radius 2 is 2.22 bits per heavy atom. The number of ether oxygens (including phenoxy) is 1. The fourth-order valence-corrected chi connectivity index (χ4v) is 1.77. The molecule has 0 radical (unpaired) electrons. The van der Waals surface area contributed by atoms with E-state index in [-0.39, 0.29) is 29.8 Å². The van der Waals surface area contributed by atoms with Gasteiger partial charge in [0, 0.05) is 18.0 Å². The highest BCUT2D eigenvalue weighted by Gasteiger charge is 2.14. The summed E-state index contributed by atoms with van der Waals surface area (Å²) in [5, 5.41) is 3.74. The van der Waals surface area contributed by atoms with E-state index >= 15 is 0 Å². The van der Waals surface area contributed by atoms with Crippen LogP contribution in [0, 0.1) is 12.7 Å². The number of aryl methyl sites for hydroxylation is 1. The van der Waals surface area contributed by atoms with Gasteiger partial charge in [-0.15, -0.1) is 0 Å². The van der Waals surface area contributed by atoms with Gasteiger partial charge in [0.1, 0.15) is 5.82 Å². The molecule has 23 heavy (non-hydrogen) atoms. The zero-order chi connectivity index (χ0) is 16.2. The Labute approximate surface area is 130 Å². The molecule has 0 aliphatic rings. The zero-order valence-corrected chi connectivity index (χ0v) is 12.1. The van der Waals surface area contributed by atoms with Gasteiger partial charge in [-0.05, 0) is 18.6 Å². The maximum atomic E-state index is 13.5. The minimum atomic E-state index is -0.653. The maximum Gasteiger partial charge on any atom is 0.359 e. The number of nitrogens with zero attached hydrogens (tertiary/aromatic N) is 4. The Bertz CT molecular complexity index is 836. The highest BCUT2D eigenvalue weighted by molar-refractivity contribution is 5.86. The normalized spacial score (nSPS) is 10.5. The van der Waals surface area contributed by atoms with Gasteiger partial charge in [-0.3, -0.25) is 4.98 Å². The van der Waals surface area contributed by atoms with Crippen LogP contribution in [0.25, 0.3) is 11.4 Å². The van der Waals surface area contributed by atoms with E-state index in [0.29, 0.717) is 11.1 Å². The fraction of sp³-hybridized carbons (Fsp3) is 0.133. The summed E-state index contributed by atoms with van der Waals surface area (Å²) in [4.78, 5) is 23.4. The van der Waals surface area contributed by atoms with Crippen LogP contribution in [0.4, 0.5) is 4.39 Å². The highest BCUT2D eigenvalue weighted by Crippen LogP contribution is 2.19. The Kier molecular flexibility index (Phi) is 4.05. The molecule has 2 heterocycles. The van der Waals surface area contributed by atoms with Gasteiger partial charge >= 0.3 is 5.97 Å². The number of aromatic nitrogens is 4. The van der Waals surface area contributed by atoms with E-state index < -0.39 is 5.97 Å². The SMILES string of the molecule is Cc1ccc(-c2noc(COC(=O)c3cnccn3)n2)cc1F. The predicted molar refractivity (Wildman–Crippen MR) is 75.6 cm³/mol. The van der Waals surface area contributed by atoms with Crippen LogP contribution in [-0.4, -0.2) is 26.1 Å². The van der Waals surface area contributed by atoms with Crippen LogP contribution in [0.2, 0.25) is 0 Å². The molecule has 0 saturated carbocycles. The quantitative estimate of drug-likeness (QED) is 0.682. The second-order valence-electron chi connectivity index (χ2n) is 4.64. The molecular weight excluding hydrogens is 303 g/mol. The van der Waals surface area contributed by atoms with E-state index in [1.54, 1.807) is 19.1 Å². The molecule has 0 unspecified atom stereocenters. The molecule has 3 rings (SSSR count). The number of hydrogen-bond donors (Lipinski definition) is 0. The second kappa shape index (κ2) is 6.30. The van der Waals surface area contributed by atoms with Gasteiger partial charge in [-0.25, -0.2) is 14.2 Å². The van der Waals surface area contributed by atoms with Crippen molar-refractivity contribution < 1.29 is 18.4 Å². The van der Waals surface area contributed by atoms with Crippen molar-refractivity contribution in [2.45, 2.75) is 13.5 Å². The zero-order valence-electron chi connectivity index (χ0n) is 12.1. The van der Waals surface area contributed by atoms with Crippen molar-refractivity contribution in [2.75, 3.05) is 0 Å². The fourth-order valence-electron chi connectivity index (χ4n) is 1.77. The van der Waals surface area contributed by atoms with Crippen LogP contribution in [0.15, 0.2) is 41.3 Å². The van der Waals surface area contributed by atoms with Gasteiger partial charge in [0.05, 0.1) is 6.20 Å². The lowest BCUT2D eigenvalue weighted by Gasteiger charge is -1.99. The molecule has 0 fully saturated rings. The standard InChI is InChI=1S/C15H11FN4O3/c1-9-2-3-10(6-11(9)16)14-19-13(23-20-14)8-22-15(21)12-7-17-4-5-18-12/h2-7H,8H2,1H3. The molecule has 116 valence electrons. The molecule has 0 saturated heterocycles. The predicted octanol–water partition coefficient (Wildman–Crippen LogP) is 2.33. The minimum Gasteiger partial charge on any atom is -0.451 e.